The smallest absolute Gasteiger partial charge is 0.316 e. The van der Waals surface area contributed by atoms with Crippen molar-refractivity contribution < 1.29 is 23.1 Å². The van der Waals surface area contributed by atoms with Crippen LogP contribution in [0.15, 0.2) is 30.6 Å². The van der Waals surface area contributed by atoms with Crippen molar-refractivity contribution in [3.8, 4) is 6.01 Å². The number of hydrogen-bond donors (Lipinski definition) is 2. The molecule has 192 valence electrons. The summed E-state index contributed by atoms with van der Waals surface area (Å²) in [7, 11) is -2.98. The molecule has 2 aromatic rings. The molecular formula is C25H36N4O5S. The fourth-order valence-corrected chi connectivity index (χ4v) is 5.92. The van der Waals surface area contributed by atoms with Crippen LogP contribution < -0.4 is 15.0 Å². The van der Waals surface area contributed by atoms with Crippen molar-refractivity contribution in [2.45, 2.75) is 64.8 Å². The number of benzene rings is 1. The summed E-state index contributed by atoms with van der Waals surface area (Å²) in [4.78, 5) is 22.2. The molecule has 0 radical (unpaired) electrons. The SMILES string of the molecule is CCCN(c1ccc(C(C)(C)CC(=O)O)cc1Nc1cnc(OCC)nc1)C1CCS(=O)(=O)CC1. The van der Waals surface area contributed by atoms with Gasteiger partial charge in [-0.1, -0.05) is 26.8 Å². The monoisotopic (exact) mass is 504 g/mol. The van der Waals surface area contributed by atoms with Gasteiger partial charge in [0, 0.05) is 18.0 Å². The largest absolute Gasteiger partial charge is 0.481 e. The number of carboxylic acid groups (broad SMARTS) is 1. The average molecular weight is 505 g/mol. The maximum absolute atomic E-state index is 12.0. The fourth-order valence-electron chi connectivity index (χ4n) is 4.46. The molecule has 0 atom stereocenters. The molecule has 0 aliphatic carbocycles. The summed E-state index contributed by atoms with van der Waals surface area (Å²) in [6.45, 7) is 9.04. The highest BCUT2D eigenvalue weighted by atomic mass is 32.2. The number of aromatic nitrogens is 2. The summed E-state index contributed by atoms with van der Waals surface area (Å²) in [5, 5.41) is 12.8. The van der Waals surface area contributed by atoms with E-state index >= 15 is 0 Å². The summed E-state index contributed by atoms with van der Waals surface area (Å²) in [6, 6.07) is 6.37. The molecule has 0 saturated carbocycles. The molecule has 3 rings (SSSR count). The van der Waals surface area contributed by atoms with Crippen LogP contribution in [0.2, 0.25) is 0 Å². The highest BCUT2D eigenvalue weighted by Crippen LogP contribution is 2.38. The Morgan fingerprint density at radius 1 is 1.20 bits per heavy atom. The van der Waals surface area contributed by atoms with Crippen molar-refractivity contribution in [3.05, 3.63) is 36.2 Å². The standard InChI is InChI=1S/C25H36N4O5S/c1-5-11-29(20-9-12-35(32,33)13-10-20)22-8-7-18(25(3,4)15-23(30)31)14-21(22)28-19-16-26-24(27-17-19)34-6-2/h7-8,14,16-17,20,28H,5-6,9-13,15H2,1-4H3,(H,30,31). The van der Waals surface area contributed by atoms with E-state index in [1.54, 1.807) is 12.4 Å². The van der Waals surface area contributed by atoms with Gasteiger partial charge in [-0.3, -0.25) is 4.79 Å². The molecule has 35 heavy (non-hydrogen) atoms. The first kappa shape index (κ1) is 26.7. The van der Waals surface area contributed by atoms with Crippen molar-refractivity contribution in [2.24, 2.45) is 0 Å². The molecule has 1 saturated heterocycles. The van der Waals surface area contributed by atoms with E-state index in [2.05, 4.69) is 27.1 Å². The molecule has 1 aromatic heterocycles. The van der Waals surface area contributed by atoms with E-state index in [-0.39, 0.29) is 24.0 Å². The van der Waals surface area contributed by atoms with Crippen LogP contribution in [0.1, 0.15) is 58.9 Å². The summed E-state index contributed by atoms with van der Waals surface area (Å²) in [6.07, 6.45) is 5.36. The number of nitrogens with zero attached hydrogens (tertiary/aromatic N) is 3. The summed E-state index contributed by atoms with van der Waals surface area (Å²) < 4.78 is 29.4. The number of anilines is 3. The predicted octanol–water partition coefficient (Wildman–Crippen LogP) is 4.16. The van der Waals surface area contributed by atoms with Crippen molar-refractivity contribution in [1.82, 2.24) is 9.97 Å². The molecule has 0 bridgehead atoms. The average Bonchev–Trinajstić information content (AvgIpc) is 2.79. The van der Waals surface area contributed by atoms with Crippen molar-refractivity contribution >= 4 is 32.9 Å². The van der Waals surface area contributed by atoms with E-state index in [4.69, 9.17) is 4.74 Å². The lowest BCUT2D eigenvalue weighted by Gasteiger charge is -2.37. The molecule has 1 aliphatic heterocycles. The van der Waals surface area contributed by atoms with Gasteiger partial charge >= 0.3 is 12.0 Å². The number of sulfone groups is 1. The van der Waals surface area contributed by atoms with E-state index in [1.807, 2.05) is 39.0 Å². The highest BCUT2D eigenvalue weighted by Gasteiger charge is 2.30. The molecule has 0 amide bonds. The number of hydrogen-bond acceptors (Lipinski definition) is 8. The third-order valence-corrected chi connectivity index (χ3v) is 8.01. The third kappa shape index (κ3) is 7.06. The number of carboxylic acids is 1. The number of rotatable bonds is 11. The molecule has 1 fully saturated rings. The second kappa shape index (κ2) is 11.2. The highest BCUT2D eigenvalue weighted by molar-refractivity contribution is 7.91. The van der Waals surface area contributed by atoms with Gasteiger partial charge in [0.15, 0.2) is 0 Å². The van der Waals surface area contributed by atoms with Gasteiger partial charge in [0.05, 0.1) is 54.0 Å². The maximum atomic E-state index is 12.0. The van der Waals surface area contributed by atoms with Gasteiger partial charge in [0.25, 0.3) is 0 Å². The molecule has 1 aromatic carbocycles. The van der Waals surface area contributed by atoms with Gasteiger partial charge in [-0.25, -0.2) is 18.4 Å². The van der Waals surface area contributed by atoms with Crippen molar-refractivity contribution in [2.75, 3.05) is 34.9 Å². The summed E-state index contributed by atoms with van der Waals surface area (Å²) in [5.41, 5.74) is 2.73. The van der Waals surface area contributed by atoms with E-state index in [0.29, 0.717) is 31.1 Å². The van der Waals surface area contributed by atoms with Crippen LogP contribution in [-0.2, 0) is 20.0 Å². The minimum Gasteiger partial charge on any atom is -0.481 e. The van der Waals surface area contributed by atoms with Gasteiger partial charge in [0.2, 0.25) is 0 Å². The summed E-state index contributed by atoms with van der Waals surface area (Å²) in [5.74, 6) is -0.474. The Morgan fingerprint density at radius 3 is 2.43 bits per heavy atom. The molecular weight excluding hydrogens is 468 g/mol. The zero-order chi connectivity index (χ0) is 25.6. The Morgan fingerprint density at radius 2 is 1.86 bits per heavy atom. The van der Waals surface area contributed by atoms with E-state index in [0.717, 1.165) is 29.9 Å². The van der Waals surface area contributed by atoms with Crippen LogP contribution in [0.25, 0.3) is 0 Å². The van der Waals surface area contributed by atoms with Crippen LogP contribution in [0.4, 0.5) is 17.1 Å². The van der Waals surface area contributed by atoms with Gasteiger partial charge in [0.1, 0.15) is 9.84 Å². The second-order valence-corrected chi connectivity index (χ2v) is 11.9. The molecule has 0 unspecified atom stereocenters. The van der Waals surface area contributed by atoms with Crippen molar-refractivity contribution in [1.29, 1.82) is 0 Å². The van der Waals surface area contributed by atoms with Gasteiger partial charge in [-0.05, 0) is 43.9 Å². The minimum absolute atomic E-state index is 0.00287. The number of ether oxygens (including phenoxy) is 1. The van der Waals surface area contributed by atoms with Gasteiger partial charge in [-0.2, -0.15) is 0 Å². The Hall–Kier alpha value is -2.88. The minimum atomic E-state index is -2.98. The molecule has 9 nitrogen and oxygen atoms in total. The second-order valence-electron chi connectivity index (χ2n) is 9.58. The van der Waals surface area contributed by atoms with Crippen LogP contribution in [0.3, 0.4) is 0 Å². The number of nitrogens with one attached hydrogen (secondary N) is 1. The lowest BCUT2D eigenvalue weighted by Crippen LogP contribution is -2.42. The Balaban J connectivity index is 2.01. The lowest BCUT2D eigenvalue weighted by molar-refractivity contribution is -0.138. The van der Waals surface area contributed by atoms with Gasteiger partial charge < -0.3 is 20.1 Å². The normalized spacial score (nSPS) is 16.0. The first-order valence-electron chi connectivity index (χ1n) is 12.1. The van der Waals surface area contributed by atoms with E-state index in [1.165, 1.54) is 0 Å². The number of carbonyl (C=O) groups is 1. The third-order valence-electron chi connectivity index (χ3n) is 6.29. The van der Waals surface area contributed by atoms with Crippen LogP contribution in [0.5, 0.6) is 6.01 Å². The Bertz CT molecular complexity index is 1110. The zero-order valence-electron chi connectivity index (χ0n) is 21.0. The van der Waals surface area contributed by atoms with Gasteiger partial charge in [-0.15, -0.1) is 0 Å². The number of aliphatic carboxylic acids is 1. The maximum Gasteiger partial charge on any atom is 0.316 e. The lowest BCUT2D eigenvalue weighted by atomic mass is 9.81. The quantitative estimate of drug-likeness (QED) is 0.464. The fraction of sp³-hybridized carbons (Fsp3) is 0.560. The molecule has 2 N–H and O–H groups in total. The van der Waals surface area contributed by atoms with Crippen LogP contribution >= 0.6 is 0 Å². The molecule has 10 heteroatoms. The van der Waals surface area contributed by atoms with Crippen molar-refractivity contribution in [3.63, 3.8) is 0 Å². The molecule has 0 spiro atoms. The summed E-state index contributed by atoms with van der Waals surface area (Å²) >= 11 is 0. The van der Waals surface area contributed by atoms with Crippen LogP contribution in [0, 0.1) is 0 Å². The Kier molecular flexibility index (Phi) is 8.58. The van der Waals surface area contributed by atoms with Crippen LogP contribution in [-0.4, -0.2) is 60.2 Å². The predicted molar refractivity (Wildman–Crippen MR) is 138 cm³/mol. The first-order chi connectivity index (χ1) is 16.5. The van der Waals surface area contributed by atoms with E-state index in [9.17, 15) is 18.3 Å². The first-order valence-corrected chi connectivity index (χ1v) is 13.9. The van der Waals surface area contributed by atoms with E-state index < -0.39 is 21.2 Å². The Labute approximate surface area is 207 Å². The molecule has 1 aliphatic rings. The topological polar surface area (TPSA) is 122 Å². The molecule has 2 heterocycles. The zero-order valence-corrected chi connectivity index (χ0v) is 21.8.